The second-order valence-corrected chi connectivity index (χ2v) is 4.89. The van der Waals surface area contributed by atoms with Crippen molar-refractivity contribution in [2.75, 3.05) is 20.2 Å². The normalized spacial score (nSPS) is 21.5. The standard InChI is InChI=1S/C12H21NO4/c1-5-12(3,17-4)11(16)13-6-9(7-13)8(2)10(14)15/h8-9H,5-7H2,1-4H3,(H,14,15). The third-order valence-electron chi connectivity index (χ3n) is 3.87. The minimum Gasteiger partial charge on any atom is -0.481 e. The van der Waals surface area contributed by atoms with E-state index in [1.54, 1.807) is 18.7 Å². The summed E-state index contributed by atoms with van der Waals surface area (Å²) in [6, 6.07) is 0. The minimum atomic E-state index is -0.799. The van der Waals surface area contributed by atoms with E-state index in [0.29, 0.717) is 19.5 Å². The fourth-order valence-corrected chi connectivity index (χ4v) is 1.91. The molecule has 1 heterocycles. The molecule has 2 unspecified atom stereocenters. The molecule has 1 rings (SSSR count). The second-order valence-electron chi connectivity index (χ2n) is 4.89. The van der Waals surface area contributed by atoms with Crippen LogP contribution < -0.4 is 0 Å². The van der Waals surface area contributed by atoms with Gasteiger partial charge in [-0.1, -0.05) is 13.8 Å². The van der Waals surface area contributed by atoms with Crippen molar-refractivity contribution < 1.29 is 19.4 Å². The Hall–Kier alpha value is -1.10. The maximum atomic E-state index is 12.1. The van der Waals surface area contributed by atoms with Crippen molar-refractivity contribution in [3.63, 3.8) is 0 Å². The maximum Gasteiger partial charge on any atom is 0.306 e. The van der Waals surface area contributed by atoms with Crippen LogP contribution in [0.15, 0.2) is 0 Å². The average Bonchev–Trinajstić information content (AvgIpc) is 2.25. The van der Waals surface area contributed by atoms with Gasteiger partial charge in [-0.2, -0.15) is 0 Å². The molecule has 1 saturated heterocycles. The highest BCUT2D eigenvalue weighted by molar-refractivity contribution is 5.85. The van der Waals surface area contributed by atoms with Crippen molar-refractivity contribution in [1.82, 2.24) is 4.90 Å². The summed E-state index contributed by atoms with van der Waals surface area (Å²) in [6.07, 6.45) is 0.609. The number of aliphatic carboxylic acids is 1. The summed E-state index contributed by atoms with van der Waals surface area (Å²) in [5.41, 5.74) is -0.780. The molecule has 0 bridgehead atoms. The predicted molar refractivity (Wildman–Crippen MR) is 62.6 cm³/mol. The Morgan fingerprint density at radius 2 is 2.06 bits per heavy atom. The van der Waals surface area contributed by atoms with Gasteiger partial charge < -0.3 is 14.7 Å². The molecule has 1 aliphatic heterocycles. The first-order valence-electron chi connectivity index (χ1n) is 5.93. The molecule has 1 amide bonds. The highest BCUT2D eigenvalue weighted by atomic mass is 16.5. The lowest BCUT2D eigenvalue weighted by atomic mass is 9.85. The summed E-state index contributed by atoms with van der Waals surface area (Å²) >= 11 is 0. The molecule has 0 radical (unpaired) electrons. The predicted octanol–water partition coefficient (Wildman–Crippen LogP) is 0.981. The van der Waals surface area contributed by atoms with Crippen molar-refractivity contribution in [3.05, 3.63) is 0 Å². The fraction of sp³-hybridized carbons (Fsp3) is 0.833. The number of carboxylic acids is 1. The van der Waals surface area contributed by atoms with E-state index in [2.05, 4.69) is 0 Å². The number of hydrogen-bond donors (Lipinski definition) is 1. The molecule has 98 valence electrons. The Morgan fingerprint density at radius 1 is 1.53 bits per heavy atom. The molecule has 0 spiro atoms. The van der Waals surface area contributed by atoms with Gasteiger partial charge in [0.05, 0.1) is 5.92 Å². The topological polar surface area (TPSA) is 66.8 Å². The highest BCUT2D eigenvalue weighted by Crippen LogP contribution is 2.28. The number of carboxylic acid groups (broad SMARTS) is 1. The molecule has 0 saturated carbocycles. The van der Waals surface area contributed by atoms with E-state index in [4.69, 9.17) is 9.84 Å². The number of likely N-dealkylation sites (tertiary alicyclic amines) is 1. The van der Waals surface area contributed by atoms with E-state index in [1.165, 1.54) is 7.11 Å². The lowest BCUT2D eigenvalue weighted by Gasteiger charge is -2.44. The van der Waals surface area contributed by atoms with Crippen molar-refractivity contribution in [2.45, 2.75) is 32.8 Å². The van der Waals surface area contributed by atoms with Crippen LogP contribution in [0.1, 0.15) is 27.2 Å². The van der Waals surface area contributed by atoms with Crippen molar-refractivity contribution in [1.29, 1.82) is 0 Å². The van der Waals surface area contributed by atoms with Crippen molar-refractivity contribution >= 4 is 11.9 Å². The van der Waals surface area contributed by atoms with E-state index >= 15 is 0 Å². The van der Waals surface area contributed by atoms with E-state index in [-0.39, 0.29) is 11.8 Å². The molecule has 0 aromatic carbocycles. The van der Waals surface area contributed by atoms with Gasteiger partial charge in [-0.3, -0.25) is 9.59 Å². The Morgan fingerprint density at radius 3 is 2.41 bits per heavy atom. The van der Waals surface area contributed by atoms with Gasteiger partial charge >= 0.3 is 5.97 Å². The van der Waals surface area contributed by atoms with Crippen LogP contribution in [-0.2, 0) is 14.3 Å². The largest absolute Gasteiger partial charge is 0.481 e. The number of ether oxygens (including phenoxy) is 1. The second kappa shape index (κ2) is 5.04. The molecule has 1 fully saturated rings. The summed E-state index contributed by atoms with van der Waals surface area (Å²) < 4.78 is 5.24. The number of rotatable bonds is 5. The zero-order valence-electron chi connectivity index (χ0n) is 10.9. The van der Waals surface area contributed by atoms with E-state index in [0.717, 1.165) is 0 Å². The molecule has 17 heavy (non-hydrogen) atoms. The number of hydrogen-bond acceptors (Lipinski definition) is 3. The third-order valence-corrected chi connectivity index (χ3v) is 3.87. The summed E-state index contributed by atoms with van der Waals surface area (Å²) in [4.78, 5) is 24.6. The number of methoxy groups -OCH3 is 1. The Balaban J connectivity index is 2.53. The quantitative estimate of drug-likeness (QED) is 0.781. The first-order valence-corrected chi connectivity index (χ1v) is 5.93. The minimum absolute atomic E-state index is 0.0451. The Labute approximate surface area is 102 Å². The van der Waals surface area contributed by atoms with Crippen LogP contribution in [-0.4, -0.2) is 47.7 Å². The molecule has 1 N–H and O–H groups in total. The summed E-state index contributed by atoms with van der Waals surface area (Å²) in [7, 11) is 1.53. The summed E-state index contributed by atoms with van der Waals surface area (Å²) in [5.74, 6) is -1.17. The lowest BCUT2D eigenvalue weighted by molar-refractivity contribution is -0.164. The molecule has 2 atom stereocenters. The molecule has 5 heteroatoms. The third kappa shape index (κ3) is 2.60. The van der Waals surface area contributed by atoms with Crippen molar-refractivity contribution in [2.24, 2.45) is 11.8 Å². The van der Waals surface area contributed by atoms with Gasteiger partial charge in [0.15, 0.2) is 0 Å². The molecular formula is C12H21NO4. The molecular weight excluding hydrogens is 222 g/mol. The first kappa shape index (κ1) is 14.0. The SMILES string of the molecule is CCC(C)(OC)C(=O)N1CC(C(C)C(=O)O)C1. The molecule has 1 aliphatic rings. The van der Waals surface area contributed by atoms with E-state index in [1.807, 2.05) is 6.92 Å². The molecule has 5 nitrogen and oxygen atoms in total. The van der Waals surface area contributed by atoms with Gasteiger partial charge in [-0.15, -0.1) is 0 Å². The number of nitrogens with zero attached hydrogens (tertiary/aromatic N) is 1. The van der Waals surface area contributed by atoms with Crippen LogP contribution >= 0.6 is 0 Å². The van der Waals surface area contributed by atoms with Gasteiger partial charge in [-0.25, -0.2) is 0 Å². The van der Waals surface area contributed by atoms with Crippen LogP contribution in [0.4, 0.5) is 0 Å². The van der Waals surface area contributed by atoms with Gasteiger partial charge in [-0.05, 0) is 13.3 Å². The van der Waals surface area contributed by atoms with E-state index < -0.39 is 17.5 Å². The van der Waals surface area contributed by atoms with Crippen LogP contribution in [0.3, 0.4) is 0 Å². The van der Waals surface area contributed by atoms with Crippen LogP contribution in [0.25, 0.3) is 0 Å². The molecule has 0 aromatic rings. The zero-order valence-corrected chi connectivity index (χ0v) is 10.9. The first-order chi connectivity index (χ1) is 7.85. The average molecular weight is 243 g/mol. The zero-order chi connectivity index (χ0) is 13.2. The summed E-state index contributed by atoms with van der Waals surface area (Å²) in [6.45, 7) is 6.39. The number of carbonyl (C=O) groups excluding carboxylic acids is 1. The monoisotopic (exact) mass is 243 g/mol. The molecule has 0 aromatic heterocycles. The number of carbonyl (C=O) groups is 2. The fourth-order valence-electron chi connectivity index (χ4n) is 1.91. The van der Waals surface area contributed by atoms with Crippen LogP contribution in [0, 0.1) is 11.8 Å². The maximum absolute atomic E-state index is 12.1. The highest BCUT2D eigenvalue weighted by Gasteiger charge is 2.43. The molecule has 0 aliphatic carbocycles. The Kier molecular flexibility index (Phi) is 4.14. The summed E-state index contributed by atoms with van der Waals surface area (Å²) in [5, 5.41) is 8.87. The number of amides is 1. The van der Waals surface area contributed by atoms with Crippen LogP contribution in [0.2, 0.25) is 0 Å². The van der Waals surface area contributed by atoms with E-state index in [9.17, 15) is 9.59 Å². The van der Waals surface area contributed by atoms with Gasteiger partial charge in [0, 0.05) is 26.1 Å². The van der Waals surface area contributed by atoms with Gasteiger partial charge in [0.1, 0.15) is 5.60 Å². The lowest BCUT2D eigenvalue weighted by Crippen LogP contribution is -2.59. The van der Waals surface area contributed by atoms with Gasteiger partial charge in [0.2, 0.25) is 0 Å². The van der Waals surface area contributed by atoms with Gasteiger partial charge in [0.25, 0.3) is 5.91 Å². The van der Waals surface area contributed by atoms with Crippen molar-refractivity contribution in [3.8, 4) is 0 Å². The Bertz CT molecular complexity index is 306. The smallest absolute Gasteiger partial charge is 0.306 e. The van der Waals surface area contributed by atoms with Crippen LogP contribution in [0.5, 0.6) is 0 Å².